The average molecular weight is 415 g/mol. The van der Waals surface area contributed by atoms with Gasteiger partial charge in [-0.1, -0.05) is 36.3 Å². The number of aliphatic hydroxyl groups excluding tert-OH is 1. The van der Waals surface area contributed by atoms with E-state index in [1.807, 2.05) is 30.3 Å². The van der Waals surface area contributed by atoms with Crippen LogP contribution in [0.2, 0.25) is 0 Å². The molecule has 1 aliphatic heterocycles. The summed E-state index contributed by atoms with van der Waals surface area (Å²) in [6.07, 6.45) is 3.62. The minimum Gasteiger partial charge on any atom is -0.461 e. The topological polar surface area (TPSA) is 68.3 Å². The molecule has 6 atom stereocenters. The van der Waals surface area contributed by atoms with Gasteiger partial charge in [0, 0.05) is 20.0 Å². The minimum atomic E-state index is -0.986. The summed E-state index contributed by atoms with van der Waals surface area (Å²) in [4.78, 5) is 11.4. The fourth-order valence-electron chi connectivity index (χ4n) is 2.76. The van der Waals surface area contributed by atoms with Crippen LogP contribution in [0.1, 0.15) is 25.3 Å². The second kappa shape index (κ2) is 10.9. The van der Waals surface area contributed by atoms with E-state index in [0.29, 0.717) is 26.1 Å². The third kappa shape index (κ3) is 7.33. The zero-order valence-electron chi connectivity index (χ0n) is 15.1. The number of rotatable bonds is 11. The van der Waals surface area contributed by atoms with Crippen LogP contribution in [-0.2, 0) is 25.6 Å². The van der Waals surface area contributed by atoms with Crippen LogP contribution in [0.3, 0.4) is 0 Å². The number of hydrogen-bond acceptors (Lipinski definition) is 5. The van der Waals surface area contributed by atoms with Gasteiger partial charge in [0.25, 0.3) is 0 Å². The first-order chi connectivity index (χ1) is 12.9. The molecule has 0 bridgehead atoms. The first-order valence-electron chi connectivity index (χ1n) is 8.79. The van der Waals surface area contributed by atoms with Crippen molar-refractivity contribution in [2.75, 3.05) is 6.61 Å². The summed E-state index contributed by atoms with van der Waals surface area (Å²) in [6, 6.07) is 9.81. The van der Waals surface area contributed by atoms with Gasteiger partial charge in [0.05, 0.1) is 23.5 Å². The predicted octanol–water partition coefficient (Wildman–Crippen LogP) is 2.89. The summed E-state index contributed by atoms with van der Waals surface area (Å²) < 4.78 is 16.3. The number of epoxide rings is 1. The van der Waals surface area contributed by atoms with Crippen molar-refractivity contribution >= 4 is 29.2 Å². The van der Waals surface area contributed by atoms with Crippen molar-refractivity contribution in [3.8, 4) is 12.3 Å². The van der Waals surface area contributed by atoms with E-state index in [4.69, 9.17) is 43.8 Å². The van der Waals surface area contributed by atoms with E-state index in [1.165, 1.54) is 6.92 Å². The molecule has 1 N–H and O–H groups in total. The normalized spacial score (nSPS) is 22.9. The van der Waals surface area contributed by atoms with Crippen molar-refractivity contribution in [1.82, 2.24) is 0 Å². The number of hydrogen-bond donors (Lipinski definition) is 1. The molecule has 5 nitrogen and oxygen atoms in total. The Hall–Kier alpha value is -1.29. The van der Waals surface area contributed by atoms with Gasteiger partial charge in [-0.2, -0.15) is 0 Å². The fraction of sp³-hybridized carbons (Fsp3) is 0.550. The molecule has 0 saturated carbocycles. The van der Waals surface area contributed by atoms with Gasteiger partial charge in [-0.05, 0) is 12.0 Å². The van der Waals surface area contributed by atoms with Gasteiger partial charge < -0.3 is 19.3 Å². The predicted molar refractivity (Wildman–Crippen MR) is 104 cm³/mol. The van der Waals surface area contributed by atoms with Crippen LogP contribution in [0.25, 0.3) is 0 Å². The fourth-order valence-corrected chi connectivity index (χ4v) is 3.29. The smallest absolute Gasteiger partial charge is 0.302 e. The molecular weight excluding hydrogens is 391 g/mol. The summed E-state index contributed by atoms with van der Waals surface area (Å²) in [6.45, 7) is 2.23. The van der Waals surface area contributed by atoms with Crippen LogP contribution in [-0.4, -0.2) is 52.9 Å². The molecule has 7 heteroatoms. The van der Waals surface area contributed by atoms with E-state index in [1.54, 1.807) is 0 Å². The molecule has 1 aromatic carbocycles. The minimum absolute atomic E-state index is 0.306. The number of halogens is 2. The average Bonchev–Trinajstić information content (AvgIpc) is 3.43. The Morgan fingerprint density at radius 1 is 1.37 bits per heavy atom. The molecule has 2 rings (SSSR count). The Morgan fingerprint density at radius 2 is 2.07 bits per heavy atom. The highest BCUT2D eigenvalue weighted by atomic mass is 35.5. The summed E-state index contributed by atoms with van der Waals surface area (Å²) in [5, 5.41) is 8.53. The van der Waals surface area contributed by atoms with Crippen molar-refractivity contribution in [2.24, 2.45) is 0 Å². The van der Waals surface area contributed by atoms with Gasteiger partial charge in [-0.15, -0.1) is 29.6 Å². The Labute approximate surface area is 169 Å². The van der Waals surface area contributed by atoms with Crippen LogP contribution < -0.4 is 0 Å². The molecule has 1 aliphatic rings. The third-order valence-electron chi connectivity index (χ3n) is 4.24. The maximum absolute atomic E-state index is 11.4. The number of aliphatic hydroxyl groups is 1. The lowest BCUT2D eigenvalue weighted by Gasteiger charge is -2.25. The van der Waals surface area contributed by atoms with E-state index in [2.05, 4.69) is 5.92 Å². The van der Waals surface area contributed by atoms with E-state index >= 15 is 0 Å². The van der Waals surface area contributed by atoms with Crippen LogP contribution in [0.5, 0.6) is 0 Å². The first-order valence-corrected chi connectivity index (χ1v) is 9.66. The Balaban J connectivity index is 1.78. The Morgan fingerprint density at radius 3 is 2.70 bits per heavy atom. The zero-order chi connectivity index (χ0) is 19.8. The number of terminal acetylenes is 1. The number of esters is 1. The lowest BCUT2D eigenvalue weighted by atomic mass is 10.0. The molecule has 27 heavy (non-hydrogen) atoms. The highest BCUT2D eigenvalue weighted by Gasteiger charge is 2.47. The number of alkyl halides is 2. The largest absolute Gasteiger partial charge is 0.461 e. The molecule has 1 heterocycles. The van der Waals surface area contributed by atoms with Crippen molar-refractivity contribution in [3.05, 3.63) is 35.9 Å². The maximum atomic E-state index is 11.4. The van der Waals surface area contributed by atoms with Gasteiger partial charge in [-0.3, -0.25) is 4.79 Å². The monoisotopic (exact) mass is 414 g/mol. The van der Waals surface area contributed by atoms with Gasteiger partial charge in [0.2, 0.25) is 0 Å². The summed E-state index contributed by atoms with van der Waals surface area (Å²) >= 11 is 12.8. The summed E-state index contributed by atoms with van der Waals surface area (Å²) in [5.74, 6) is 1.76. The molecule has 1 aromatic rings. The number of ether oxygens (including phenoxy) is 3. The van der Waals surface area contributed by atoms with Gasteiger partial charge >= 0.3 is 5.97 Å². The molecule has 0 radical (unpaired) electrons. The van der Waals surface area contributed by atoms with E-state index < -0.39 is 35.0 Å². The summed E-state index contributed by atoms with van der Waals surface area (Å²) in [5.41, 5.74) is 1.08. The molecule has 1 fully saturated rings. The van der Waals surface area contributed by atoms with E-state index in [9.17, 15) is 9.90 Å². The van der Waals surface area contributed by atoms with Gasteiger partial charge in [0.15, 0.2) is 0 Å². The molecule has 0 unspecified atom stereocenters. The zero-order valence-corrected chi connectivity index (χ0v) is 16.6. The van der Waals surface area contributed by atoms with E-state index in [0.717, 1.165) is 5.56 Å². The summed E-state index contributed by atoms with van der Waals surface area (Å²) in [7, 11) is 0. The highest BCUT2D eigenvalue weighted by Crippen LogP contribution is 2.33. The Bertz CT molecular complexity index is 633. The lowest BCUT2D eigenvalue weighted by Crippen LogP contribution is -2.35. The first kappa shape index (κ1) is 22.0. The van der Waals surface area contributed by atoms with Crippen LogP contribution in [0.4, 0.5) is 0 Å². The van der Waals surface area contributed by atoms with E-state index in [-0.39, 0.29) is 6.10 Å². The number of carbonyl (C=O) groups is 1. The van der Waals surface area contributed by atoms with Crippen molar-refractivity contribution in [1.29, 1.82) is 0 Å². The molecule has 0 amide bonds. The van der Waals surface area contributed by atoms with Crippen LogP contribution in [0, 0.1) is 12.3 Å². The second-order valence-electron chi connectivity index (χ2n) is 6.42. The SMILES string of the molecule is C#C[C@H](O)[C@@H]1O[C@@H]1C[C@H](OC(C)=O)[C@@H](Cl)[C@H](Cl)CCOCc1ccccc1. The Kier molecular flexibility index (Phi) is 8.88. The molecule has 1 saturated heterocycles. The molecular formula is C20H24Cl2O5. The maximum Gasteiger partial charge on any atom is 0.302 e. The second-order valence-corrected chi connectivity index (χ2v) is 7.49. The van der Waals surface area contributed by atoms with Crippen molar-refractivity contribution in [3.63, 3.8) is 0 Å². The van der Waals surface area contributed by atoms with Crippen LogP contribution >= 0.6 is 23.2 Å². The molecule has 148 valence electrons. The van der Waals surface area contributed by atoms with Crippen LogP contribution in [0.15, 0.2) is 30.3 Å². The van der Waals surface area contributed by atoms with Gasteiger partial charge in [-0.25, -0.2) is 0 Å². The van der Waals surface area contributed by atoms with Crippen molar-refractivity contribution in [2.45, 2.75) is 61.5 Å². The lowest BCUT2D eigenvalue weighted by molar-refractivity contribution is -0.146. The third-order valence-corrected chi connectivity index (χ3v) is 5.44. The van der Waals surface area contributed by atoms with Gasteiger partial charge in [0.1, 0.15) is 18.3 Å². The number of benzene rings is 1. The van der Waals surface area contributed by atoms with Crippen molar-refractivity contribution < 1.29 is 24.1 Å². The molecule has 0 aliphatic carbocycles. The molecule has 0 aromatic heterocycles. The number of carbonyl (C=O) groups excluding carboxylic acids is 1. The molecule has 0 spiro atoms. The standard InChI is InChI=1S/C20H24Cl2O5/c1-3-16(24)20-18(27-20)11-17(26-13(2)23)19(22)15(21)9-10-25-12-14-7-5-4-6-8-14/h1,4-8,15-20,24H,9-12H2,2H3/t15-,16+,17+,18-,19+,20+/m1/s1. The quantitative estimate of drug-likeness (QED) is 0.198. The highest BCUT2D eigenvalue weighted by molar-refractivity contribution is 6.30.